The Hall–Kier alpha value is -1.11. The number of nitrogens with two attached hydrogens (primary N) is 1. The minimum absolute atomic E-state index is 0.00311. The van der Waals surface area contributed by atoms with Crippen LogP contribution in [0, 0.1) is 0 Å². The summed E-state index contributed by atoms with van der Waals surface area (Å²) < 4.78 is 31.8. The third-order valence-electron chi connectivity index (χ3n) is 3.34. The first kappa shape index (κ1) is 14.3. The number of morpholine rings is 1. The predicted molar refractivity (Wildman–Crippen MR) is 75.1 cm³/mol. The lowest BCUT2D eigenvalue weighted by Gasteiger charge is -2.31. The van der Waals surface area contributed by atoms with Gasteiger partial charge in [0.1, 0.15) is 0 Å². The van der Waals surface area contributed by atoms with E-state index in [1.54, 1.807) is 24.3 Å². The topological polar surface area (TPSA) is 72.6 Å². The summed E-state index contributed by atoms with van der Waals surface area (Å²) in [6.07, 6.45) is 0.816. The Labute approximate surface area is 114 Å². The predicted octanol–water partition coefficient (Wildman–Crippen LogP) is 1.21. The highest BCUT2D eigenvalue weighted by molar-refractivity contribution is 7.88. The van der Waals surface area contributed by atoms with Crippen LogP contribution < -0.4 is 5.73 Å². The molecule has 106 valence electrons. The first-order valence-electron chi connectivity index (χ1n) is 6.45. The standard InChI is InChI=1S/C13H20N2O3S/c1-2-12-9-15(7-8-18-12)19(16,17)10-11-5-3-4-6-13(11)14/h3-6,12H,2,7-10,14H2,1H3. The molecule has 1 aromatic rings. The molecule has 1 atom stereocenters. The molecule has 0 aliphatic carbocycles. The van der Waals surface area contributed by atoms with Gasteiger partial charge in [0.05, 0.1) is 18.5 Å². The molecule has 0 radical (unpaired) electrons. The number of rotatable bonds is 4. The Morgan fingerprint density at radius 1 is 1.42 bits per heavy atom. The van der Waals surface area contributed by atoms with Crippen LogP contribution in [0.1, 0.15) is 18.9 Å². The van der Waals surface area contributed by atoms with Crippen LogP contribution in [0.15, 0.2) is 24.3 Å². The van der Waals surface area contributed by atoms with Crippen LogP contribution in [0.2, 0.25) is 0 Å². The summed E-state index contributed by atoms with van der Waals surface area (Å²) in [4.78, 5) is 0. The Kier molecular flexibility index (Phi) is 4.44. The summed E-state index contributed by atoms with van der Waals surface area (Å²) in [6, 6.07) is 7.08. The quantitative estimate of drug-likeness (QED) is 0.844. The van der Waals surface area contributed by atoms with E-state index in [4.69, 9.17) is 10.5 Å². The minimum atomic E-state index is -3.33. The Morgan fingerprint density at radius 2 is 2.16 bits per heavy atom. The molecule has 1 aromatic carbocycles. The fourth-order valence-corrected chi connectivity index (χ4v) is 3.73. The van der Waals surface area contributed by atoms with Gasteiger partial charge in [-0.25, -0.2) is 8.42 Å². The van der Waals surface area contributed by atoms with Crippen molar-refractivity contribution in [3.05, 3.63) is 29.8 Å². The molecule has 2 N–H and O–H groups in total. The van der Waals surface area contributed by atoms with Crippen LogP contribution >= 0.6 is 0 Å². The van der Waals surface area contributed by atoms with E-state index in [2.05, 4.69) is 0 Å². The summed E-state index contributed by atoms with van der Waals surface area (Å²) in [7, 11) is -3.33. The van der Waals surface area contributed by atoms with E-state index in [9.17, 15) is 8.42 Å². The number of hydrogen-bond donors (Lipinski definition) is 1. The molecule has 1 aliphatic heterocycles. The van der Waals surface area contributed by atoms with Crippen molar-refractivity contribution in [3.8, 4) is 0 Å². The number of benzene rings is 1. The van der Waals surface area contributed by atoms with E-state index in [-0.39, 0.29) is 11.9 Å². The van der Waals surface area contributed by atoms with E-state index in [0.29, 0.717) is 30.9 Å². The van der Waals surface area contributed by atoms with E-state index < -0.39 is 10.0 Å². The van der Waals surface area contributed by atoms with Gasteiger partial charge in [-0.05, 0) is 18.1 Å². The first-order chi connectivity index (χ1) is 9.03. The van der Waals surface area contributed by atoms with Gasteiger partial charge < -0.3 is 10.5 Å². The van der Waals surface area contributed by atoms with E-state index in [1.165, 1.54) is 4.31 Å². The summed E-state index contributed by atoms with van der Waals surface area (Å²) >= 11 is 0. The first-order valence-corrected chi connectivity index (χ1v) is 8.06. The van der Waals surface area contributed by atoms with Crippen molar-refractivity contribution in [2.45, 2.75) is 25.2 Å². The summed E-state index contributed by atoms with van der Waals surface area (Å²) in [5.41, 5.74) is 6.98. The zero-order chi connectivity index (χ0) is 13.9. The zero-order valence-corrected chi connectivity index (χ0v) is 11.9. The largest absolute Gasteiger partial charge is 0.398 e. The van der Waals surface area contributed by atoms with Gasteiger partial charge in [0, 0.05) is 18.8 Å². The molecular weight excluding hydrogens is 264 g/mol. The zero-order valence-electron chi connectivity index (χ0n) is 11.1. The monoisotopic (exact) mass is 284 g/mol. The normalized spacial score (nSPS) is 21.4. The number of ether oxygens (including phenoxy) is 1. The lowest BCUT2D eigenvalue weighted by Crippen LogP contribution is -2.45. The number of nitrogens with zero attached hydrogens (tertiary/aromatic N) is 1. The SMILES string of the molecule is CCC1CN(S(=O)(=O)Cc2ccccc2N)CCO1. The second-order valence-electron chi connectivity index (χ2n) is 4.71. The molecule has 1 aliphatic rings. The number of anilines is 1. The van der Waals surface area contributed by atoms with Gasteiger partial charge in [-0.2, -0.15) is 4.31 Å². The smallest absolute Gasteiger partial charge is 0.218 e. The van der Waals surface area contributed by atoms with Crippen molar-refractivity contribution in [3.63, 3.8) is 0 Å². The Morgan fingerprint density at radius 3 is 2.84 bits per heavy atom. The maximum absolute atomic E-state index is 12.4. The van der Waals surface area contributed by atoms with Crippen molar-refractivity contribution in [1.29, 1.82) is 0 Å². The van der Waals surface area contributed by atoms with Crippen LogP contribution in [0.4, 0.5) is 5.69 Å². The second kappa shape index (κ2) is 5.90. The molecule has 1 saturated heterocycles. The minimum Gasteiger partial charge on any atom is -0.398 e. The maximum Gasteiger partial charge on any atom is 0.218 e. The maximum atomic E-state index is 12.4. The molecule has 0 spiro atoms. The highest BCUT2D eigenvalue weighted by Gasteiger charge is 2.29. The number of sulfonamides is 1. The average Bonchev–Trinajstić information content (AvgIpc) is 2.41. The van der Waals surface area contributed by atoms with Gasteiger partial charge in [-0.1, -0.05) is 25.1 Å². The molecule has 5 nitrogen and oxygen atoms in total. The van der Waals surface area contributed by atoms with Crippen LogP contribution in [-0.4, -0.2) is 38.5 Å². The van der Waals surface area contributed by atoms with E-state index in [1.807, 2.05) is 6.92 Å². The van der Waals surface area contributed by atoms with Crippen molar-refractivity contribution in [1.82, 2.24) is 4.31 Å². The number of para-hydroxylation sites is 1. The third-order valence-corrected chi connectivity index (χ3v) is 5.14. The third kappa shape index (κ3) is 3.46. The van der Waals surface area contributed by atoms with Gasteiger partial charge in [-0.15, -0.1) is 0 Å². The van der Waals surface area contributed by atoms with Crippen molar-refractivity contribution >= 4 is 15.7 Å². The summed E-state index contributed by atoms with van der Waals surface area (Å²) in [5, 5.41) is 0. The molecule has 1 fully saturated rings. The van der Waals surface area contributed by atoms with Crippen molar-refractivity contribution in [2.24, 2.45) is 0 Å². The number of hydrogen-bond acceptors (Lipinski definition) is 4. The van der Waals surface area contributed by atoms with Gasteiger partial charge in [0.15, 0.2) is 0 Å². The van der Waals surface area contributed by atoms with Gasteiger partial charge >= 0.3 is 0 Å². The van der Waals surface area contributed by atoms with E-state index >= 15 is 0 Å². The molecule has 19 heavy (non-hydrogen) atoms. The van der Waals surface area contributed by atoms with Gasteiger partial charge in [0.25, 0.3) is 0 Å². The van der Waals surface area contributed by atoms with Crippen molar-refractivity contribution < 1.29 is 13.2 Å². The molecule has 0 aromatic heterocycles. The van der Waals surface area contributed by atoms with Crippen LogP contribution in [-0.2, 0) is 20.5 Å². The molecule has 2 rings (SSSR count). The molecule has 6 heteroatoms. The fraction of sp³-hybridized carbons (Fsp3) is 0.538. The fourth-order valence-electron chi connectivity index (χ4n) is 2.15. The summed E-state index contributed by atoms with van der Waals surface area (Å²) in [6.45, 7) is 3.31. The Bertz CT molecular complexity index is 530. The van der Waals surface area contributed by atoms with Gasteiger partial charge in [-0.3, -0.25) is 0 Å². The Balaban J connectivity index is 2.12. The van der Waals surface area contributed by atoms with Crippen molar-refractivity contribution in [2.75, 3.05) is 25.4 Å². The lowest BCUT2D eigenvalue weighted by molar-refractivity contribution is -0.00282. The molecule has 0 saturated carbocycles. The lowest BCUT2D eigenvalue weighted by atomic mass is 10.2. The highest BCUT2D eigenvalue weighted by Crippen LogP contribution is 2.19. The second-order valence-corrected chi connectivity index (χ2v) is 6.68. The molecule has 0 bridgehead atoms. The van der Waals surface area contributed by atoms with Crippen LogP contribution in [0.3, 0.4) is 0 Å². The summed E-state index contributed by atoms with van der Waals surface area (Å²) in [5.74, 6) is -0.0455. The van der Waals surface area contributed by atoms with Gasteiger partial charge in [0.2, 0.25) is 10.0 Å². The highest BCUT2D eigenvalue weighted by atomic mass is 32.2. The molecular formula is C13H20N2O3S. The molecule has 1 heterocycles. The van der Waals surface area contributed by atoms with E-state index in [0.717, 1.165) is 6.42 Å². The molecule has 1 unspecified atom stereocenters. The number of nitrogen functional groups attached to an aromatic ring is 1. The van der Waals surface area contributed by atoms with Crippen LogP contribution in [0.25, 0.3) is 0 Å². The average molecular weight is 284 g/mol. The molecule has 0 amide bonds. The van der Waals surface area contributed by atoms with Crippen LogP contribution in [0.5, 0.6) is 0 Å².